The zero-order valence-electron chi connectivity index (χ0n) is 8.06. The quantitative estimate of drug-likeness (QED) is 0.784. The Morgan fingerprint density at radius 3 is 3.14 bits per heavy atom. The van der Waals surface area contributed by atoms with Gasteiger partial charge < -0.3 is 15.2 Å². The molecular formula is C9H14N2O2S. The van der Waals surface area contributed by atoms with Gasteiger partial charge in [-0.05, 0) is 6.42 Å². The maximum Gasteiger partial charge on any atom is 0.183 e. The molecule has 2 atom stereocenters. The summed E-state index contributed by atoms with van der Waals surface area (Å²) < 4.78 is 5.14. The van der Waals surface area contributed by atoms with Crippen LogP contribution in [0.3, 0.4) is 0 Å². The smallest absolute Gasteiger partial charge is 0.183 e. The lowest BCUT2D eigenvalue weighted by Crippen LogP contribution is -2.31. The second kappa shape index (κ2) is 4.25. The summed E-state index contributed by atoms with van der Waals surface area (Å²) in [7, 11) is 0. The molecular weight excluding hydrogens is 200 g/mol. The Hall–Kier alpha value is -0.650. The minimum atomic E-state index is -0.413. The van der Waals surface area contributed by atoms with Crippen LogP contribution in [0, 0.1) is 0 Å². The van der Waals surface area contributed by atoms with Gasteiger partial charge in [0, 0.05) is 5.38 Å². The van der Waals surface area contributed by atoms with E-state index >= 15 is 0 Å². The second-order valence-electron chi connectivity index (χ2n) is 3.35. The molecule has 1 fully saturated rings. The third-order valence-corrected chi connectivity index (χ3v) is 3.10. The molecule has 2 unspecified atom stereocenters. The highest BCUT2D eigenvalue weighted by Crippen LogP contribution is 2.19. The summed E-state index contributed by atoms with van der Waals surface area (Å²) in [6.45, 7) is 3.05. The van der Waals surface area contributed by atoms with Crippen molar-refractivity contribution in [2.24, 2.45) is 0 Å². The molecule has 1 aliphatic rings. The number of hydrogen-bond acceptors (Lipinski definition) is 5. The first-order valence-corrected chi connectivity index (χ1v) is 5.64. The van der Waals surface area contributed by atoms with Crippen LogP contribution < -0.4 is 5.32 Å². The number of rotatable bonds is 3. The number of aryl methyl sites for hydroxylation is 1. The lowest BCUT2D eigenvalue weighted by molar-refractivity contribution is 0.125. The van der Waals surface area contributed by atoms with Gasteiger partial charge in [0.25, 0.3) is 0 Å². The average Bonchev–Trinajstić information content (AvgIpc) is 2.77. The number of ether oxygens (including phenoxy) is 1. The third-order valence-electron chi connectivity index (χ3n) is 2.27. The van der Waals surface area contributed by atoms with Crippen LogP contribution >= 0.6 is 11.3 Å². The van der Waals surface area contributed by atoms with Crippen LogP contribution in [0.1, 0.15) is 12.6 Å². The maximum absolute atomic E-state index is 9.50. The number of aromatic nitrogens is 1. The minimum absolute atomic E-state index is 0.00847. The Morgan fingerprint density at radius 1 is 1.71 bits per heavy atom. The Morgan fingerprint density at radius 2 is 2.57 bits per heavy atom. The summed E-state index contributed by atoms with van der Waals surface area (Å²) >= 11 is 1.57. The molecule has 0 radical (unpaired) electrons. The van der Waals surface area contributed by atoms with Crippen molar-refractivity contribution >= 4 is 16.5 Å². The first-order chi connectivity index (χ1) is 6.79. The van der Waals surface area contributed by atoms with Crippen molar-refractivity contribution in [2.45, 2.75) is 25.5 Å². The van der Waals surface area contributed by atoms with E-state index in [-0.39, 0.29) is 6.04 Å². The first-order valence-electron chi connectivity index (χ1n) is 4.76. The van der Waals surface area contributed by atoms with Gasteiger partial charge in [-0.1, -0.05) is 6.92 Å². The SMILES string of the molecule is CCc1csc(NC2COCC2O)n1. The molecule has 1 aromatic rings. The zero-order chi connectivity index (χ0) is 9.97. The van der Waals surface area contributed by atoms with Gasteiger partial charge in [-0.25, -0.2) is 4.98 Å². The highest BCUT2D eigenvalue weighted by Gasteiger charge is 2.26. The van der Waals surface area contributed by atoms with E-state index in [0.29, 0.717) is 13.2 Å². The van der Waals surface area contributed by atoms with Crippen LogP contribution in [0.2, 0.25) is 0 Å². The van der Waals surface area contributed by atoms with Gasteiger partial charge in [0.15, 0.2) is 5.13 Å². The van der Waals surface area contributed by atoms with Gasteiger partial charge in [-0.15, -0.1) is 11.3 Å². The van der Waals surface area contributed by atoms with Crippen LogP contribution in [0.5, 0.6) is 0 Å². The predicted octanol–water partition coefficient (Wildman–Crippen LogP) is 0.877. The largest absolute Gasteiger partial charge is 0.388 e. The monoisotopic (exact) mass is 214 g/mol. The van der Waals surface area contributed by atoms with Crippen LogP contribution in [0.4, 0.5) is 5.13 Å². The lowest BCUT2D eigenvalue weighted by Gasteiger charge is -2.12. The number of nitrogens with zero attached hydrogens (tertiary/aromatic N) is 1. The standard InChI is InChI=1S/C9H14N2O2S/c1-2-6-5-14-9(10-6)11-7-3-13-4-8(7)12/h5,7-8,12H,2-4H2,1H3,(H,10,11). The van der Waals surface area contributed by atoms with E-state index in [4.69, 9.17) is 4.74 Å². The normalized spacial score (nSPS) is 26.7. The molecule has 0 aliphatic carbocycles. The first kappa shape index (κ1) is 9.89. The second-order valence-corrected chi connectivity index (χ2v) is 4.21. The molecule has 4 nitrogen and oxygen atoms in total. The molecule has 1 aliphatic heterocycles. The molecule has 0 spiro atoms. The van der Waals surface area contributed by atoms with E-state index in [1.807, 2.05) is 5.38 Å². The number of nitrogens with one attached hydrogen (secondary N) is 1. The molecule has 0 amide bonds. The van der Waals surface area contributed by atoms with Crippen molar-refractivity contribution < 1.29 is 9.84 Å². The molecule has 0 saturated carbocycles. The van der Waals surface area contributed by atoms with Gasteiger partial charge in [-0.2, -0.15) is 0 Å². The number of thiazole rings is 1. The third kappa shape index (κ3) is 2.05. The topological polar surface area (TPSA) is 54.4 Å². The predicted molar refractivity (Wildman–Crippen MR) is 55.7 cm³/mol. The molecule has 2 rings (SSSR count). The highest BCUT2D eigenvalue weighted by atomic mass is 32.1. The summed E-state index contributed by atoms with van der Waals surface area (Å²) in [4.78, 5) is 4.37. The molecule has 78 valence electrons. The zero-order valence-corrected chi connectivity index (χ0v) is 8.88. The van der Waals surface area contributed by atoms with Crippen molar-refractivity contribution in [3.8, 4) is 0 Å². The number of aliphatic hydroxyl groups excluding tert-OH is 1. The number of aliphatic hydroxyl groups is 1. The Labute approximate surface area is 86.9 Å². The number of hydrogen-bond donors (Lipinski definition) is 2. The fourth-order valence-electron chi connectivity index (χ4n) is 1.38. The van der Waals surface area contributed by atoms with Gasteiger partial charge in [0.2, 0.25) is 0 Å². The van der Waals surface area contributed by atoms with E-state index in [9.17, 15) is 5.11 Å². The summed E-state index contributed by atoms with van der Waals surface area (Å²) in [5.74, 6) is 0. The maximum atomic E-state index is 9.50. The molecule has 0 bridgehead atoms. The van der Waals surface area contributed by atoms with E-state index in [2.05, 4.69) is 17.2 Å². The molecule has 0 aromatic carbocycles. The van der Waals surface area contributed by atoms with Crippen molar-refractivity contribution in [3.63, 3.8) is 0 Å². The molecule has 1 saturated heterocycles. The van der Waals surface area contributed by atoms with Crippen molar-refractivity contribution in [1.29, 1.82) is 0 Å². The van der Waals surface area contributed by atoms with Crippen LogP contribution in [-0.2, 0) is 11.2 Å². The van der Waals surface area contributed by atoms with Gasteiger partial charge >= 0.3 is 0 Å². The van der Waals surface area contributed by atoms with E-state index in [0.717, 1.165) is 17.2 Å². The van der Waals surface area contributed by atoms with Crippen LogP contribution in [0.25, 0.3) is 0 Å². The summed E-state index contributed by atoms with van der Waals surface area (Å²) in [5.41, 5.74) is 1.09. The van der Waals surface area contributed by atoms with Crippen LogP contribution in [0.15, 0.2) is 5.38 Å². The van der Waals surface area contributed by atoms with E-state index in [1.54, 1.807) is 11.3 Å². The average molecular weight is 214 g/mol. The highest BCUT2D eigenvalue weighted by molar-refractivity contribution is 7.13. The van der Waals surface area contributed by atoms with Gasteiger partial charge in [0.1, 0.15) is 0 Å². The lowest BCUT2D eigenvalue weighted by atomic mass is 10.2. The van der Waals surface area contributed by atoms with E-state index < -0.39 is 6.10 Å². The van der Waals surface area contributed by atoms with Crippen LogP contribution in [-0.4, -0.2) is 35.5 Å². The minimum Gasteiger partial charge on any atom is -0.388 e. The van der Waals surface area contributed by atoms with Crippen molar-refractivity contribution in [1.82, 2.24) is 4.98 Å². The molecule has 14 heavy (non-hydrogen) atoms. The fourth-order valence-corrected chi connectivity index (χ4v) is 2.23. The fraction of sp³-hybridized carbons (Fsp3) is 0.667. The summed E-state index contributed by atoms with van der Waals surface area (Å²) in [5, 5.41) is 15.6. The molecule has 1 aromatic heterocycles. The molecule has 5 heteroatoms. The molecule has 2 N–H and O–H groups in total. The Balaban J connectivity index is 1.96. The van der Waals surface area contributed by atoms with Crippen molar-refractivity contribution in [3.05, 3.63) is 11.1 Å². The number of anilines is 1. The van der Waals surface area contributed by atoms with E-state index in [1.165, 1.54) is 0 Å². The van der Waals surface area contributed by atoms with Gasteiger partial charge in [0.05, 0.1) is 31.1 Å². The summed E-state index contributed by atoms with van der Waals surface area (Å²) in [6.07, 6.45) is 0.533. The molecule has 2 heterocycles. The summed E-state index contributed by atoms with van der Waals surface area (Å²) in [6, 6.07) is -0.00847. The van der Waals surface area contributed by atoms with Gasteiger partial charge in [-0.3, -0.25) is 0 Å². The Bertz CT molecular complexity index is 303. The van der Waals surface area contributed by atoms with Crippen molar-refractivity contribution in [2.75, 3.05) is 18.5 Å². The Kier molecular flexibility index (Phi) is 3.00.